The average molecular weight is 683 g/mol. The normalized spacial score (nSPS) is 17.0. The smallest absolute Gasteiger partial charge is 0.0702 e. The molecule has 4 aliphatic rings. The molecule has 9 aromatic rings. The Morgan fingerprint density at radius 1 is 0.444 bits per heavy atom. The molecule has 0 amide bonds. The fourth-order valence-electron chi connectivity index (χ4n) is 10.1. The molecule has 2 aromatic heterocycles. The summed E-state index contributed by atoms with van der Waals surface area (Å²) in [6.45, 7) is 0. The van der Waals surface area contributed by atoms with E-state index in [2.05, 4.69) is 146 Å². The maximum Gasteiger partial charge on any atom is 0.0702 e. The lowest BCUT2D eigenvalue weighted by Gasteiger charge is -2.32. The molecule has 2 heteroatoms. The van der Waals surface area contributed by atoms with Crippen molar-refractivity contribution in [3.8, 4) is 44.5 Å². The number of aromatic nitrogens is 2. The molecule has 4 aliphatic carbocycles. The number of benzene rings is 7. The van der Waals surface area contributed by atoms with Gasteiger partial charge in [-0.15, -0.1) is 0 Å². The quantitative estimate of drug-likeness (QED) is 0.181. The molecule has 7 aromatic carbocycles. The highest BCUT2D eigenvalue weighted by Gasteiger charge is 2.42. The molecule has 0 saturated heterocycles. The lowest BCUT2D eigenvalue weighted by molar-refractivity contribution is 0.740. The molecule has 0 bridgehead atoms. The summed E-state index contributed by atoms with van der Waals surface area (Å²) in [7, 11) is 0. The third kappa shape index (κ3) is 3.84. The maximum atomic E-state index is 4.78. The van der Waals surface area contributed by atoms with Crippen LogP contribution in [-0.2, 0) is 0 Å². The van der Waals surface area contributed by atoms with Gasteiger partial charge in [-0.05, 0) is 149 Å². The Bertz CT molecular complexity index is 3290. The van der Waals surface area contributed by atoms with E-state index in [9.17, 15) is 0 Å². The summed E-state index contributed by atoms with van der Waals surface area (Å²) in [6.07, 6.45) is 13.7. The Balaban J connectivity index is 0.954. The van der Waals surface area contributed by atoms with Gasteiger partial charge in [-0.3, -0.25) is 9.97 Å². The van der Waals surface area contributed by atoms with Gasteiger partial charge in [0.05, 0.1) is 11.0 Å². The minimum atomic E-state index is 0.283. The first-order valence-electron chi connectivity index (χ1n) is 18.9. The largest absolute Gasteiger partial charge is 0.256 e. The van der Waals surface area contributed by atoms with Crippen molar-refractivity contribution in [2.24, 2.45) is 5.92 Å². The highest BCUT2D eigenvalue weighted by Crippen LogP contribution is 2.60. The van der Waals surface area contributed by atoms with Crippen LogP contribution in [0.5, 0.6) is 0 Å². The first kappa shape index (κ1) is 28.7. The second kappa shape index (κ2) is 10.4. The van der Waals surface area contributed by atoms with Crippen LogP contribution < -0.4 is 0 Å². The fraction of sp³-hybridized carbons (Fsp3) is 0.0385. The molecule has 2 atom stereocenters. The number of allylic oxidation sites excluding steroid dienone is 5. The van der Waals surface area contributed by atoms with Crippen LogP contribution in [0.3, 0.4) is 0 Å². The van der Waals surface area contributed by atoms with Crippen molar-refractivity contribution >= 4 is 60.6 Å². The lowest BCUT2D eigenvalue weighted by Crippen LogP contribution is -2.17. The van der Waals surface area contributed by atoms with Crippen molar-refractivity contribution in [2.45, 2.75) is 5.92 Å². The van der Waals surface area contributed by atoms with Crippen LogP contribution in [0.15, 0.2) is 164 Å². The van der Waals surface area contributed by atoms with E-state index in [0.29, 0.717) is 5.92 Å². The highest BCUT2D eigenvalue weighted by atomic mass is 14.7. The molecule has 248 valence electrons. The van der Waals surface area contributed by atoms with Crippen molar-refractivity contribution < 1.29 is 0 Å². The molecule has 0 aliphatic heterocycles. The minimum absolute atomic E-state index is 0.283. The van der Waals surface area contributed by atoms with E-state index in [0.717, 1.165) is 22.2 Å². The Morgan fingerprint density at radius 3 is 1.96 bits per heavy atom. The Morgan fingerprint density at radius 2 is 1.15 bits per heavy atom. The van der Waals surface area contributed by atoms with E-state index in [1.807, 2.05) is 24.5 Å². The zero-order valence-electron chi connectivity index (χ0n) is 29.2. The van der Waals surface area contributed by atoms with Crippen LogP contribution in [0.4, 0.5) is 0 Å². The van der Waals surface area contributed by atoms with Crippen LogP contribution in [-0.4, -0.2) is 9.97 Å². The number of nitrogens with zero attached hydrogens (tertiary/aromatic N) is 2. The van der Waals surface area contributed by atoms with Gasteiger partial charge in [0, 0.05) is 46.1 Å². The third-order valence-electron chi connectivity index (χ3n) is 12.6. The molecule has 2 nitrogen and oxygen atoms in total. The van der Waals surface area contributed by atoms with Crippen molar-refractivity contribution in [3.05, 3.63) is 186 Å². The molecule has 0 N–H and O–H groups in total. The zero-order chi connectivity index (χ0) is 35.1. The topological polar surface area (TPSA) is 25.8 Å². The fourth-order valence-corrected chi connectivity index (χ4v) is 10.1. The first-order chi connectivity index (χ1) is 26.7. The van der Waals surface area contributed by atoms with Crippen LogP contribution in [0.2, 0.25) is 0 Å². The van der Waals surface area contributed by atoms with Crippen LogP contribution in [0.25, 0.3) is 105 Å². The van der Waals surface area contributed by atoms with Crippen LogP contribution >= 0.6 is 0 Å². The van der Waals surface area contributed by atoms with Crippen LogP contribution in [0, 0.1) is 5.92 Å². The van der Waals surface area contributed by atoms with E-state index >= 15 is 0 Å². The molecule has 0 radical (unpaired) electrons. The number of hydrogen-bond acceptors (Lipinski definition) is 2. The molecule has 13 rings (SSSR count). The lowest BCUT2D eigenvalue weighted by atomic mass is 9.70. The van der Waals surface area contributed by atoms with E-state index in [4.69, 9.17) is 9.97 Å². The molecule has 2 heterocycles. The van der Waals surface area contributed by atoms with E-state index < -0.39 is 0 Å². The monoisotopic (exact) mass is 682 g/mol. The Hall–Kier alpha value is -6.90. The van der Waals surface area contributed by atoms with Gasteiger partial charge in [-0.2, -0.15) is 0 Å². The third-order valence-corrected chi connectivity index (χ3v) is 12.6. The number of hydrogen-bond donors (Lipinski definition) is 0. The molecule has 2 unspecified atom stereocenters. The second-order valence-electron chi connectivity index (χ2n) is 15.3. The van der Waals surface area contributed by atoms with Gasteiger partial charge in [-0.1, -0.05) is 97.1 Å². The van der Waals surface area contributed by atoms with Crippen molar-refractivity contribution in [1.82, 2.24) is 9.97 Å². The zero-order valence-corrected chi connectivity index (χ0v) is 29.2. The van der Waals surface area contributed by atoms with Gasteiger partial charge in [0.1, 0.15) is 0 Å². The van der Waals surface area contributed by atoms with Gasteiger partial charge in [0.2, 0.25) is 0 Å². The summed E-state index contributed by atoms with van der Waals surface area (Å²) in [5, 5.41) is 7.60. The molecule has 0 fully saturated rings. The number of para-hydroxylation sites is 2. The summed E-state index contributed by atoms with van der Waals surface area (Å²) >= 11 is 0. The molecule has 0 saturated carbocycles. The van der Waals surface area contributed by atoms with Gasteiger partial charge in [-0.25, -0.2) is 0 Å². The number of pyridine rings is 2. The summed E-state index contributed by atoms with van der Waals surface area (Å²) in [5.41, 5.74) is 20.5. The van der Waals surface area contributed by atoms with E-state index in [1.165, 1.54) is 99.1 Å². The molecular weight excluding hydrogens is 653 g/mol. The number of rotatable bonds is 2. The van der Waals surface area contributed by atoms with Crippen molar-refractivity contribution in [3.63, 3.8) is 0 Å². The van der Waals surface area contributed by atoms with Gasteiger partial charge in [0.25, 0.3) is 0 Å². The minimum Gasteiger partial charge on any atom is -0.256 e. The second-order valence-corrected chi connectivity index (χ2v) is 15.3. The van der Waals surface area contributed by atoms with E-state index in [1.54, 1.807) is 0 Å². The van der Waals surface area contributed by atoms with Crippen LogP contribution in [0.1, 0.15) is 28.2 Å². The predicted molar refractivity (Wildman–Crippen MR) is 225 cm³/mol. The maximum absolute atomic E-state index is 4.78. The Kier molecular flexibility index (Phi) is 5.50. The molecule has 0 spiro atoms. The SMILES string of the molecule is C1=CC2c3cc4c5c(cccc5c3C=C3c5cc6ccc(-c7cnc8ccccc8c7)cc6cc5C(=C1)C32)-c1cc(-c2cnc3ccccc3c2)ccc1-4. The summed E-state index contributed by atoms with van der Waals surface area (Å²) in [5.74, 6) is 0.598. The van der Waals surface area contributed by atoms with Crippen molar-refractivity contribution in [2.75, 3.05) is 0 Å². The standard InChI is InChI=1S/C52H30N2/c1-3-13-49-32(7-1)20-35(27-53-49)29-15-16-30-22-44-43(24-34(30)19-29)39-10-6-12-41-45-25-47-37-18-17-31(36-21-33-8-2-4-14-50(33)54-28-36)23-42(37)38-9-5-11-40(51(38)47)46(45)26-48(44)52(39)41/h1-28,41,52H. The first-order valence-corrected chi connectivity index (χ1v) is 18.9. The molecular formula is C52H30N2. The highest BCUT2D eigenvalue weighted by molar-refractivity contribution is 6.20. The van der Waals surface area contributed by atoms with E-state index in [-0.39, 0.29) is 5.92 Å². The van der Waals surface area contributed by atoms with Gasteiger partial charge >= 0.3 is 0 Å². The van der Waals surface area contributed by atoms with Gasteiger partial charge < -0.3 is 0 Å². The Labute approximate surface area is 312 Å². The van der Waals surface area contributed by atoms with Crippen molar-refractivity contribution in [1.29, 1.82) is 0 Å². The average Bonchev–Trinajstić information content (AvgIpc) is 3.72. The summed E-state index contributed by atoms with van der Waals surface area (Å²) in [6, 6.07) is 49.4. The molecule has 54 heavy (non-hydrogen) atoms. The summed E-state index contributed by atoms with van der Waals surface area (Å²) in [4.78, 5) is 9.53. The van der Waals surface area contributed by atoms with Gasteiger partial charge in [0.15, 0.2) is 0 Å². The number of fused-ring (bicyclic) bond motifs is 12. The summed E-state index contributed by atoms with van der Waals surface area (Å²) < 4.78 is 0. The predicted octanol–water partition coefficient (Wildman–Crippen LogP) is 13.3.